The SMILES string of the molecule is COC(=O)c1cccc(CCN(C)CCCC(C#N)(c2ccc(OC)c(OC)c2)C(C)C)c1. The summed E-state index contributed by atoms with van der Waals surface area (Å²) in [6, 6.07) is 16.0. The quantitative estimate of drug-likeness (QED) is 0.428. The van der Waals surface area contributed by atoms with E-state index in [4.69, 9.17) is 14.2 Å². The van der Waals surface area contributed by atoms with Gasteiger partial charge in [-0.1, -0.05) is 32.0 Å². The molecular formula is C27H36N2O4. The van der Waals surface area contributed by atoms with E-state index in [0.29, 0.717) is 17.1 Å². The highest BCUT2D eigenvalue weighted by Gasteiger charge is 2.36. The molecule has 0 radical (unpaired) electrons. The van der Waals surface area contributed by atoms with E-state index in [1.165, 1.54) is 7.11 Å². The maximum Gasteiger partial charge on any atom is 0.337 e. The van der Waals surface area contributed by atoms with Crippen molar-refractivity contribution in [2.24, 2.45) is 5.92 Å². The molecule has 0 heterocycles. The van der Waals surface area contributed by atoms with Gasteiger partial charge in [0.1, 0.15) is 0 Å². The second-order valence-corrected chi connectivity index (χ2v) is 8.66. The zero-order valence-corrected chi connectivity index (χ0v) is 20.7. The van der Waals surface area contributed by atoms with E-state index in [2.05, 4.69) is 31.9 Å². The number of esters is 1. The Morgan fingerprint density at radius 3 is 2.39 bits per heavy atom. The van der Waals surface area contributed by atoms with Crippen molar-refractivity contribution in [2.45, 2.75) is 38.5 Å². The van der Waals surface area contributed by atoms with Crippen molar-refractivity contribution in [3.05, 3.63) is 59.2 Å². The van der Waals surface area contributed by atoms with E-state index in [-0.39, 0.29) is 11.9 Å². The summed E-state index contributed by atoms with van der Waals surface area (Å²) in [5.41, 5.74) is 2.03. The minimum atomic E-state index is -0.602. The molecule has 0 fully saturated rings. The van der Waals surface area contributed by atoms with Gasteiger partial charge in [-0.3, -0.25) is 0 Å². The molecule has 33 heavy (non-hydrogen) atoms. The van der Waals surface area contributed by atoms with Crippen LogP contribution in [0.3, 0.4) is 0 Å². The Labute approximate surface area is 198 Å². The molecule has 0 amide bonds. The number of hydrogen-bond donors (Lipinski definition) is 0. The standard InChI is InChI=1S/C27H36N2O4/c1-20(2)27(19-28,23-11-12-24(31-4)25(18-23)32-5)14-8-15-29(3)16-13-21-9-7-10-22(17-21)26(30)33-6/h7,9-12,17-18,20H,8,13-16H2,1-6H3. The average Bonchev–Trinajstić information content (AvgIpc) is 2.84. The number of likely N-dealkylation sites (N-methyl/N-ethyl adjacent to an activating group) is 1. The molecular weight excluding hydrogens is 416 g/mol. The summed E-state index contributed by atoms with van der Waals surface area (Å²) in [4.78, 5) is 14.0. The molecule has 0 aliphatic carbocycles. The van der Waals surface area contributed by atoms with Crippen molar-refractivity contribution in [3.8, 4) is 17.6 Å². The van der Waals surface area contributed by atoms with Gasteiger partial charge in [-0.05, 0) is 74.2 Å². The minimum Gasteiger partial charge on any atom is -0.493 e. The molecule has 1 atom stereocenters. The van der Waals surface area contributed by atoms with E-state index in [1.807, 2.05) is 36.4 Å². The summed E-state index contributed by atoms with van der Waals surface area (Å²) in [6.45, 7) is 5.93. The molecule has 2 rings (SSSR count). The van der Waals surface area contributed by atoms with Crippen LogP contribution in [0.15, 0.2) is 42.5 Å². The maximum atomic E-state index is 11.7. The number of carbonyl (C=O) groups is 1. The number of methoxy groups -OCH3 is 3. The summed E-state index contributed by atoms with van der Waals surface area (Å²) >= 11 is 0. The zero-order chi connectivity index (χ0) is 24.4. The number of carbonyl (C=O) groups excluding carboxylic acids is 1. The molecule has 2 aromatic carbocycles. The van der Waals surface area contributed by atoms with Gasteiger partial charge in [0.25, 0.3) is 0 Å². The monoisotopic (exact) mass is 452 g/mol. The molecule has 0 aliphatic heterocycles. The highest BCUT2D eigenvalue weighted by molar-refractivity contribution is 5.89. The summed E-state index contributed by atoms with van der Waals surface area (Å²) in [5, 5.41) is 10.2. The minimum absolute atomic E-state index is 0.145. The number of hydrogen-bond acceptors (Lipinski definition) is 6. The number of rotatable bonds is 12. The first-order valence-electron chi connectivity index (χ1n) is 11.3. The van der Waals surface area contributed by atoms with Gasteiger partial charge >= 0.3 is 5.97 Å². The second kappa shape index (κ2) is 12.3. The van der Waals surface area contributed by atoms with E-state index in [0.717, 1.165) is 43.5 Å². The Bertz CT molecular complexity index is 967. The van der Waals surface area contributed by atoms with Crippen molar-refractivity contribution in [2.75, 3.05) is 41.5 Å². The number of nitrogens with zero attached hydrogens (tertiary/aromatic N) is 2. The third-order valence-corrected chi connectivity index (χ3v) is 6.33. The predicted molar refractivity (Wildman–Crippen MR) is 130 cm³/mol. The summed E-state index contributed by atoms with van der Waals surface area (Å²) < 4.78 is 15.6. The first-order chi connectivity index (χ1) is 15.8. The van der Waals surface area contributed by atoms with Crippen LogP contribution in [0.2, 0.25) is 0 Å². The number of benzene rings is 2. The molecule has 0 saturated carbocycles. The normalized spacial score (nSPS) is 12.8. The van der Waals surface area contributed by atoms with Crippen LogP contribution in [0.25, 0.3) is 0 Å². The smallest absolute Gasteiger partial charge is 0.337 e. The van der Waals surface area contributed by atoms with Crippen LogP contribution in [0.1, 0.15) is 48.2 Å². The van der Waals surface area contributed by atoms with Gasteiger partial charge in [-0.25, -0.2) is 4.79 Å². The van der Waals surface area contributed by atoms with Crippen molar-refractivity contribution >= 4 is 5.97 Å². The lowest BCUT2D eigenvalue weighted by molar-refractivity contribution is 0.0600. The summed E-state index contributed by atoms with van der Waals surface area (Å²) in [5.74, 6) is 1.13. The fourth-order valence-corrected chi connectivity index (χ4v) is 4.16. The van der Waals surface area contributed by atoms with E-state index in [9.17, 15) is 10.1 Å². The largest absolute Gasteiger partial charge is 0.493 e. The van der Waals surface area contributed by atoms with Crippen molar-refractivity contribution in [1.29, 1.82) is 5.26 Å². The van der Waals surface area contributed by atoms with Gasteiger partial charge in [0, 0.05) is 6.54 Å². The molecule has 6 heteroatoms. The average molecular weight is 453 g/mol. The van der Waals surface area contributed by atoms with E-state index >= 15 is 0 Å². The fourth-order valence-electron chi connectivity index (χ4n) is 4.16. The summed E-state index contributed by atoms with van der Waals surface area (Å²) in [6.07, 6.45) is 2.47. The van der Waals surface area contributed by atoms with E-state index in [1.54, 1.807) is 20.3 Å². The highest BCUT2D eigenvalue weighted by atomic mass is 16.5. The van der Waals surface area contributed by atoms with Crippen LogP contribution in [-0.2, 0) is 16.6 Å². The Balaban J connectivity index is 2.02. The topological polar surface area (TPSA) is 71.8 Å². The first-order valence-corrected chi connectivity index (χ1v) is 11.3. The lowest BCUT2D eigenvalue weighted by Gasteiger charge is -2.32. The van der Waals surface area contributed by atoms with Gasteiger partial charge in [-0.2, -0.15) is 5.26 Å². The van der Waals surface area contributed by atoms with E-state index < -0.39 is 5.41 Å². The molecule has 0 aromatic heterocycles. The van der Waals surface area contributed by atoms with Crippen LogP contribution in [0.4, 0.5) is 0 Å². The third-order valence-electron chi connectivity index (χ3n) is 6.33. The van der Waals surface area contributed by atoms with Crippen LogP contribution < -0.4 is 9.47 Å². The molecule has 1 unspecified atom stereocenters. The van der Waals surface area contributed by atoms with Crippen LogP contribution in [0.5, 0.6) is 11.5 Å². The molecule has 0 spiro atoms. The van der Waals surface area contributed by atoms with Crippen LogP contribution >= 0.6 is 0 Å². The second-order valence-electron chi connectivity index (χ2n) is 8.66. The van der Waals surface area contributed by atoms with Crippen LogP contribution in [0, 0.1) is 17.2 Å². The number of nitriles is 1. The highest BCUT2D eigenvalue weighted by Crippen LogP contribution is 2.40. The third kappa shape index (κ3) is 6.49. The van der Waals surface area contributed by atoms with Crippen molar-refractivity contribution in [1.82, 2.24) is 4.90 Å². The molecule has 0 bridgehead atoms. The van der Waals surface area contributed by atoms with Crippen molar-refractivity contribution in [3.63, 3.8) is 0 Å². The Morgan fingerprint density at radius 1 is 1.06 bits per heavy atom. The van der Waals surface area contributed by atoms with Gasteiger partial charge in [-0.15, -0.1) is 0 Å². The molecule has 0 saturated heterocycles. The maximum absolute atomic E-state index is 11.7. The number of ether oxygens (including phenoxy) is 3. The van der Waals surface area contributed by atoms with Crippen molar-refractivity contribution < 1.29 is 19.0 Å². The Kier molecular flexibility index (Phi) is 9.74. The van der Waals surface area contributed by atoms with Gasteiger partial charge in [0.15, 0.2) is 11.5 Å². The van der Waals surface area contributed by atoms with Crippen LogP contribution in [-0.4, -0.2) is 52.3 Å². The van der Waals surface area contributed by atoms with Gasteiger partial charge < -0.3 is 19.1 Å². The lowest BCUT2D eigenvalue weighted by atomic mass is 9.69. The van der Waals surface area contributed by atoms with Gasteiger partial charge in [0.2, 0.25) is 0 Å². The lowest BCUT2D eigenvalue weighted by Crippen LogP contribution is -2.32. The Morgan fingerprint density at radius 2 is 1.79 bits per heavy atom. The Hall–Kier alpha value is -3.04. The summed E-state index contributed by atoms with van der Waals surface area (Å²) in [7, 11) is 6.70. The predicted octanol–water partition coefficient (Wildman–Crippen LogP) is 4.86. The van der Waals surface area contributed by atoms with Gasteiger partial charge in [0.05, 0.1) is 38.4 Å². The molecule has 6 nitrogen and oxygen atoms in total. The molecule has 178 valence electrons. The molecule has 2 aromatic rings. The first kappa shape index (κ1) is 26.2. The zero-order valence-electron chi connectivity index (χ0n) is 20.7. The molecule has 0 N–H and O–H groups in total. The molecule has 0 aliphatic rings. The fraction of sp³-hybridized carbons (Fsp3) is 0.481.